The Hall–Kier alpha value is -2.40. The van der Waals surface area contributed by atoms with E-state index in [2.05, 4.69) is 4.98 Å². The minimum atomic E-state index is -0.423. The Morgan fingerprint density at radius 1 is 1.15 bits per heavy atom. The number of carbonyl (C=O) groups is 1. The molecule has 0 aliphatic carbocycles. The molecule has 104 valence electrons. The van der Waals surface area contributed by atoms with E-state index in [9.17, 15) is 9.59 Å². The van der Waals surface area contributed by atoms with Crippen molar-refractivity contribution >= 4 is 5.91 Å². The van der Waals surface area contributed by atoms with Crippen molar-refractivity contribution in [3.8, 4) is 0 Å². The third-order valence-electron chi connectivity index (χ3n) is 2.92. The molecule has 2 N–H and O–H groups in total. The maximum atomic E-state index is 12.4. The number of aromatic nitrogens is 1. The number of pyridine rings is 1. The standard InChI is InChI=1S/C15H16N2O3/c18-10-9-17(11-12-5-2-1-3-6-12)15(20)13-7-4-8-16-14(13)19/h1-8,18H,9-11H2,(H,16,19). The Kier molecular flexibility index (Phi) is 4.68. The maximum absolute atomic E-state index is 12.4. The van der Waals surface area contributed by atoms with Crippen molar-refractivity contribution in [3.05, 3.63) is 70.1 Å². The maximum Gasteiger partial charge on any atom is 0.260 e. The number of carbonyl (C=O) groups excluding carboxylic acids is 1. The molecule has 5 heteroatoms. The van der Waals surface area contributed by atoms with Crippen molar-refractivity contribution in [2.24, 2.45) is 0 Å². The molecule has 1 amide bonds. The average molecular weight is 272 g/mol. The van der Waals surface area contributed by atoms with E-state index in [4.69, 9.17) is 5.11 Å². The first-order valence-corrected chi connectivity index (χ1v) is 6.34. The van der Waals surface area contributed by atoms with Crippen LogP contribution in [0.5, 0.6) is 0 Å². The first kappa shape index (κ1) is 14.0. The first-order valence-electron chi connectivity index (χ1n) is 6.34. The molecule has 0 aliphatic rings. The van der Waals surface area contributed by atoms with Crippen LogP contribution in [0.3, 0.4) is 0 Å². The quantitative estimate of drug-likeness (QED) is 0.853. The normalized spacial score (nSPS) is 10.2. The molecule has 2 rings (SSSR count). The van der Waals surface area contributed by atoms with Gasteiger partial charge in [0, 0.05) is 19.3 Å². The van der Waals surface area contributed by atoms with Gasteiger partial charge in [-0.25, -0.2) is 0 Å². The van der Waals surface area contributed by atoms with Crippen LogP contribution in [0.4, 0.5) is 0 Å². The van der Waals surface area contributed by atoms with Gasteiger partial charge in [0.25, 0.3) is 11.5 Å². The molecule has 0 fully saturated rings. The van der Waals surface area contributed by atoms with Gasteiger partial charge >= 0.3 is 0 Å². The zero-order chi connectivity index (χ0) is 14.4. The number of aromatic amines is 1. The monoisotopic (exact) mass is 272 g/mol. The summed E-state index contributed by atoms with van der Waals surface area (Å²) in [7, 11) is 0. The highest BCUT2D eigenvalue weighted by Gasteiger charge is 2.18. The third kappa shape index (κ3) is 3.33. The van der Waals surface area contributed by atoms with Crippen LogP contribution in [-0.2, 0) is 6.54 Å². The minimum Gasteiger partial charge on any atom is -0.395 e. The summed E-state index contributed by atoms with van der Waals surface area (Å²) in [4.78, 5) is 27.9. The van der Waals surface area contributed by atoms with Crippen LogP contribution in [0.1, 0.15) is 15.9 Å². The van der Waals surface area contributed by atoms with Crippen LogP contribution in [0, 0.1) is 0 Å². The van der Waals surface area contributed by atoms with Crippen LogP contribution in [0.25, 0.3) is 0 Å². The average Bonchev–Trinajstić information content (AvgIpc) is 2.48. The number of benzene rings is 1. The Bertz CT molecular complexity index is 622. The number of hydrogen-bond donors (Lipinski definition) is 2. The second kappa shape index (κ2) is 6.68. The van der Waals surface area contributed by atoms with Crippen molar-refractivity contribution < 1.29 is 9.90 Å². The molecule has 0 saturated heterocycles. The van der Waals surface area contributed by atoms with E-state index in [1.54, 1.807) is 6.07 Å². The summed E-state index contributed by atoms with van der Waals surface area (Å²) in [5.74, 6) is -0.384. The fraction of sp³-hybridized carbons (Fsp3) is 0.200. The molecule has 0 saturated carbocycles. The third-order valence-corrected chi connectivity index (χ3v) is 2.92. The van der Waals surface area contributed by atoms with Crippen molar-refractivity contribution in [1.82, 2.24) is 9.88 Å². The number of hydrogen-bond acceptors (Lipinski definition) is 3. The Labute approximate surface area is 116 Å². The summed E-state index contributed by atoms with van der Waals surface area (Å²) in [6, 6.07) is 12.5. The number of rotatable bonds is 5. The molecule has 1 aromatic heterocycles. The lowest BCUT2D eigenvalue weighted by molar-refractivity contribution is 0.0706. The van der Waals surface area contributed by atoms with Crippen molar-refractivity contribution in [2.75, 3.05) is 13.2 Å². The lowest BCUT2D eigenvalue weighted by atomic mass is 10.2. The highest BCUT2D eigenvalue weighted by molar-refractivity contribution is 5.93. The van der Waals surface area contributed by atoms with Gasteiger partial charge in [0.2, 0.25) is 0 Å². The topological polar surface area (TPSA) is 73.4 Å². The zero-order valence-corrected chi connectivity index (χ0v) is 11.0. The lowest BCUT2D eigenvalue weighted by Gasteiger charge is -2.21. The van der Waals surface area contributed by atoms with E-state index >= 15 is 0 Å². The first-order chi connectivity index (χ1) is 9.72. The molecule has 0 unspecified atom stereocenters. The molecule has 0 spiro atoms. The Morgan fingerprint density at radius 3 is 2.55 bits per heavy atom. The molecule has 0 atom stereocenters. The lowest BCUT2D eigenvalue weighted by Crippen LogP contribution is -2.36. The van der Waals surface area contributed by atoms with Gasteiger partial charge in [-0.3, -0.25) is 9.59 Å². The van der Waals surface area contributed by atoms with Gasteiger partial charge in [0.05, 0.1) is 6.61 Å². The number of aliphatic hydroxyl groups is 1. The zero-order valence-electron chi connectivity index (χ0n) is 11.0. The summed E-state index contributed by atoms with van der Waals surface area (Å²) in [6.45, 7) is 0.389. The number of nitrogens with one attached hydrogen (secondary N) is 1. The Morgan fingerprint density at radius 2 is 1.90 bits per heavy atom. The van der Waals surface area contributed by atoms with E-state index in [0.717, 1.165) is 5.56 Å². The molecular weight excluding hydrogens is 256 g/mol. The van der Waals surface area contributed by atoms with Gasteiger partial charge < -0.3 is 15.0 Å². The summed E-state index contributed by atoms with van der Waals surface area (Å²) in [5.41, 5.74) is 0.604. The number of aliphatic hydroxyl groups excluding tert-OH is 1. The summed E-state index contributed by atoms with van der Waals surface area (Å²) < 4.78 is 0. The minimum absolute atomic E-state index is 0.0804. The molecule has 20 heavy (non-hydrogen) atoms. The number of amides is 1. The van der Waals surface area contributed by atoms with E-state index in [1.807, 2.05) is 30.3 Å². The molecule has 1 aromatic carbocycles. The van der Waals surface area contributed by atoms with Crippen LogP contribution >= 0.6 is 0 Å². The summed E-state index contributed by atoms with van der Waals surface area (Å²) in [6.07, 6.45) is 1.48. The molecule has 0 bridgehead atoms. The molecule has 0 aliphatic heterocycles. The Balaban J connectivity index is 2.22. The fourth-order valence-electron chi connectivity index (χ4n) is 1.94. The summed E-state index contributed by atoms with van der Waals surface area (Å²) in [5, 5.41) is 9.10. The van der Waals surface area contributed by atoms with Gasteiger partial charge in [-0.05, 0) is 17.7 Å². The van der Waals surface area contributed by atoms with Gasteiger partial charge in [-0.2, -0.15) is 0 Å². The molecule has 2 aromatic rings. The van der Waals surface area contributed by atoms with E-state index in [1.165, 1.54) is 17.2 Å². The fourth-order valence-corrected chi connectivity index (χ4v) is 1.94. The van der Waals surface area contributed by atoms with Crippen molar-refractivity contribution in [1.29, 1.82) is 0 Å². The van der Waals surface area contributed by atoms with Crippen molar-refractivity contribution in [2.45, 2.75) is 6.54 Å². The van der Waals surface area contributed by atoms with Crippen LogP contribution < -0.4 is 5.56 Å². The predicted octanol–water partition coefficient (Wildman–Crippen LogP) is 1.01. The van der Waals surface area contributed by atoms with Crippen LogP contribution in [-0.4, -0.2) is 34.0 Å². The smallest absolute Gasteiger partial charge is 0.260 e. The second-order valence-corrected chi connectivity index (χ2v) is 4.35. The predicted molar refractivity (Wildman–Crippen MR) is 75.3 cm³/mol. The highest BCUT2D eigenvalue weighted by atomic mass is 16.3. The second-order valence-electron chi connectivity index (χ2n) is 4.35. The molecule has 5 nitrogen and oxygen atoms in total. The van der Waals surface area contributed by atoms with Gasteiger partial charge in [0.1, 0.15) is 5.56 Å². The van der Waals surface area contributed by atoms with Crippen LogP contribution in [0.15, 0.2) is 53.5 Å². The highest BCUT2D eigenvalue weighted by Crippen LogP contribution is 2.07. The summed E-state index contributed by atoms with van der Waals surface area (Å²) >= 11 is 0. The van der Waals surface area contributed by atoms with Gasteiger partial charge in [-0.1, -0.05) is 30.3 Å². The number of H-pyrrole nitrogens is 1. The molecular formula is C15H16N2O3. The van der Waals surface area contributed by atoms with E-state index in [-0.39, 0.29) is 24.6 Å². The largest absolute Gasteiger partial charge is 0.395 e. The molecule has 0 radical (unpaired) electrons. The van der Waals surface area contributed by atoms with Crippen LogP contribution in [0.2, 0.25) is 0 Å². The van der Waals surface area contributed by atoms with Gasteiger partial charge in [0.15, 0.2) is 0 Å². The van der Waals surface area contributed by atoms with E-state index < -0.39 is 5.56 Å². The van der Waals surface area contributed by atoms with Crippen molar-refractivity contribution in [3.63, 3.8) is 0 Å². The van der Waals surface area contributed by atoms with E-state index in [0.29, 0.717) is 6.54 Å². The molecule has 1 heterocycles. The SMILES string of the molecule is O=C(c1ccc[nH]c1=O)N(CCO)Cc1ccccc1. The van der Waals surface area contributed by atoms with Gasteiger partial charge in [-0.15, -0.1) is 0 Å². The number of nitrogens with zero attached hydrogens (tertiary/aromatic N) is 1.